The number of amides is 1. The van der Waals surface area contributed by atoms with Crippen molar-refractivity contribution >= 4 is 55.7 Å². The van der Waals surface area contributed by atoms with Crippen molar-refractivity contribution in [2.45, 2.75) is 39.5 Å². The molecule has 2 aromatic rings. The molecule has 0 saturated carbocycles. The van der Waals surface area contributed by atoms with Crippen molar-refractivity contribution in [1.29, 1.82) is 5.41 Å². The Morgan fingerprint density at radius 2 is 1.83 bits per heavy atom. The molecule has 0 radical (unpaired) electrons. The largest absolute Gasteiger partial charge is 0.490 e. The van der Waals surface area contributed by atoms with E-state index in [4.69, 9.17) is 14.9 Å². The minimum absolute atomic E-state index is 0.00362. The van der Waals surface area contributed by atoms with Crippen LogP contribution in [0, 0.1) is 5.41 Å². The Morgan fingerprint density at radius 1 is 1.11 bits per heavy atom. The summed E-state index contributed by atoms with van der Waals surface area (Å²) in [5, 5.41) is 15.6. The highest BCUT2D eigenvalue weighted by molar-refractivity contribution is 9.10. The fourth-order valence-electron chi connectivity index (χ4n) is 3.46. The lowest BCUT2D eigenvalue weighted by atomic mass is 9.87. The van der Waals surface area contributed by atoms with Crippen LogP contribution < -0.4 is 9.47 Å². The maximum Gasteiger partial charge on any atom is 0.283 e. The minimum atomic E-state index is -0.464. The second-order valence-corrected chi connectivity index (χ2v) is 11.0. The van der Waals surface area contributed by atoms with Crippen LogP contribution in [0.4, 0.5) is 0 Å². The summed E-state index contributed by atoms with van der Waals surface area (Å²) in [6, 6.07) is 13.6. The van der Waals surface area contributed by atoms with Gasteiger partial charge in [0.15, 0.2) is 5.84 Å². The number of hydrogen-bond donors (Lipinski definition) is 1. The number of carbonyl (C=O) groups is 1. The standard InChI is InChI=1S/C26H27BrN4O3S/c1-5-22-30-31-23(28)20(24(32)29-25(31)35-22)15-16-14-18(27)8-11-21(16)34-13-12-33-19-9-6-17(7-10-19)26(2,3)4/h6-11,14-15,28H,5,12-13H2,1-4H3/b20-15-,28-23?. The zero-order valence-electron chi connectivity index (χ0n) is 20.1. The number of fused-ring (bicyclic) bond motifs is 1. The molecule has 4 rings (SSSR count). The number of hydrazone groups is 1. The summed E-state index contributed by atoms with van der Waals surface area (Å²) >= 11 is 4.79. The summed E-state index contributed by atoms with van der Waals surface area (Å²) in [5.41, 5.74) is 2.16. The van der Waals surface area contributed by atoms with Crippen molar-refractivity contribution in [2.75, 3.05) is 13.2 Å². The summed E-state index contributed by atoms with van der Waals surface area (Å²) in [7, 11) is 0. The SMILES string of the molecule is CCC1=NN2C(=N)/C(=C/c3cc(Br)ccc3OCCOc3ccc(C(C)(C)C)cc3)C(=O)N=C2S1. The predicted octanol–water partition coefficient (Wildman–Crippen LogP) is 6.23. The highest BCUT2D eigenvalue weighted by Crippen LogP contribution is 2.31. The highest BCUT2D eigenvalue weighted by atomic mass is 79.9. The van der Waals surface area contributed by atoms with Crippen LogP contribution in [0.25, 0.3) is 6.08 Å². The number of nitrogens with zero attached hydrogens (tertiary/aromatic N) is 3. The van der Waals surface area contributed by atoms with Crippen molar-refractivity contribution in [1.82, 2.24) is 5.01 Å². The Morgan fingerprint density at radius 3 is 2.51 bits per heavy atom. The summed E-state index contributed by atoms with van der Waals surface area (Å²) in [5.74, 6) is 0.902. The smallest absolute Gasteiger partial charge is 0.283 e. The van der Waals surface area contributed by atoms with Crippen LogP contribution in [0.3, 0.4) is 0 Å². The van der Waals surface area contributed by atoms with Crippen LogP contribution in [0.1, 0.15) is 45.2 Å². The van der Waals surface area contributed by atoms with E-state index in [9.17, 15) is 4.79 Å². The third kappa shape index (κ3) is 5.85. The minimum Gasteiger partial charge on any atom is -0.490 e. The molecule has 0 aromatic heterocycles. The molecular weight excluding hydrogens is 528 g/mol. The Bertz CT molecular complexity index is 1250. The van der Waals surface area contributed by atoms with E-state index in [0.717, 1.165) is 15.3 Å². The van der Waals surface area contributed by atoms with Gasteiger partial charge in [-0.2, -0.15) is 15.1 Å². The van der Waals surface area contributed by atoms with Gasteiger partial charge in [0.2, 0.25) is 5.17 Å². The third-order valence-corrected chi connectivity index (χ3v) is 6.95. The molecule has 2 aliphatic rings. The van der Waals surface area contributed by atoms with Gasteiger partial charge in [-0.15, -0.1) is 0 Å². The first-order chi connectivity index (χ1) is 16.7. The third-order valence-electron chi connectivity index (χ3n) is 5.40. The number of halogens is 1. The van der Waals surface area contributed by atoms with Crippen molar-refractivity contribution < 1.29 is 14.3 Å². The van der Waals surface area contributed by atoms with E-state index < -0.39 is 5.91 Å². The van der Waals surface area contributed by atoms with Gasteiger partial charge in [0, 0.05) is 10.0 Å². The number of benzene rings is 2. The van der Waals surface area contributed by atoms with E-state index in [-0.39, 0.29) is 16.8 Å². The first kappa shape index (κ1) is 25.2. The molecule has 0 unspecified atom stereocenters. The van der Waals surface area contributed by atoms with Crippen molar-refractivity contribution in [3.05, 3.63) is 63.6 Å². The quantitative estimate of drug-likeness (QED) is 0.323. The zero-order chi connectivity index (χ0) is 25.2. The molecule has 182 valence electrons. The van der Waals surface area contributed by atoms with Gasteiger partial charge in [-0.05, 0) is 65.6 Å². The molecule has 0 atom stereocenters. The van der Waals surface area contributed by atoms with Crippen molar-refractivity contribution in [3.63, 3.8) is 0 Å². The average Bonchev–Trinajstić information content (AvgIpc) is 3.23. The van der Waals surface area contributed by atoms with E-state index in [1.165, 1.54) is 22.3 Å². The Kier molecular flexibility index (Phi) is 7.47. The number of ether oxygens (including phenoxy) is 2. The summed E-state index contributed by atoms with van der Waals surface area (Å²) < 4.78 is 12.6. The van der Waals surface area contributed by atoms with Crippen LogP contribution in [-0.4, -0.2) is 40.2 Å². The number of aliphatic imine (C=N–C) groups is 1. The lowest BCUT2D eigenvalue weighted by Gasteiger charge is -2.20. The van der Waals surface area contributed by atoms with Crippen molar-refractivity contribution in [2.24, 2.45) is 10.1 Å². The van der Waals surface area contributed by atoms with Crippen LogP contribution in [0.15, 0.2) is 62.6 Å². The first-order valence-corrected chi connectivity index (χ1v) is 12.9. The number of carbonyl (C=O) groups excluding carboxylic acids is 1. The molecule has 7 nitrogen and oxygen atoms in total. The maximum absolute atomic E-state index is 12.7. The number of thioether (sulfide) groups is 1. The van der Waals surface area contributed by atoms with Gasteiger partial charge >= 0.3 is 0 Å². The molecular formula is C26H27BrN4O3S. The lowest BCUT2D eigenvalue weighted by molar-refractivity contribution is -0.114. The van der Waals surface area contributed by atoms with Gasteiger partial charge in [-0.1, -0.05) is 55.8 Å². The molecule has 0 spiro atoms. The van der Waals surface area contributed by atoms with Gasteiger partial charge in [0.25, 0.3) is 5.91 Å². The first-order valence-electron chi connectivity index (χ1n) is 11.3. The summed E-state index contributed by atoms with van der Waals surface area (Å²) in [6.07, 6.45) is 2.34. The van der Waals surface area contributed by atoms with E-state index in [1.54, 1.807) is 6.08 Å². The van der Waals surface area contributed by atoms with Gasteiger partial charge in [0.1, 0.15) is 29.8 Å². The second kappa shape index (κ2) is 10.4. The molecule has 1 amide bonds. The fourth-order valence-corrected chi connectivity index (χ4v) is 4.66. The maximum atomic E-state index is 12.7. The van der Waals surface area contributed by atoms with Gasteiger partial charge in [0.05, 0.1) is 5.57 Å². The van der Waals surface area contributed by atoms with Crippen molar-refractivity contribution in [3.8, 4) is 11.5 Å². The Balaban J connectivity index is 1.45. The van der Waals surface area contributed by atoms with Crippen LogP contribution in [0.2, 0.25) is 0 Å². The molecule has 0 aliphatic carbocycles. The Hall–Kier alpha value is -2.91. The molecule has 35 heavy (non-hydrogen) atoms. The molecule has 9 heteroatoms. The summed E-state index contributed by atoms with van der Waals surface area (Å²) in [6.45, 7) is 9.19. The van der Waals surface area contributed by atoms with E-state index in [0.29, 0.717) is 36.1 Å². The average molecular weight is 555 g/mol. The number of nitrogens with one attached hydrogen (secondary N) is 1. The molecule has 2 aromatic carbocycles. The zero-order valence-corrected chi connectivity index (χ0v) is 22.5. The Labute approximate surface area is 217 Å². The van der Waals surface area contributed by atoms with Crippen LogP contribution in [0.5, 0.6) is 11.5 Å². The second-order valence-electron chi connectivity index (χ2n) is 9.02. The normalized spacial score (nSPS) is 16.8. The topological polar surface area (TPSA) is 87.3 Å². The number of hydrogen-bond acceptors (Lipinski definition) is 6. The molecule has 0 fully saturated rings. The molecule has 1 N–H and O–H groups in total. The number of rotatable bonds is 7. The molecule has 0 bridgehead atoms. The lowest BCUT2D eigenvalue weighted by Crippen LogP contribution is -2.35. The summed E-state index contributed by atoms with van der Waals surface area (Å²) in [4.78, 5) is 16.8. The van der Waals surface area contributed by atoms with Gasteiger partial charge in [-0.3, -0.25) is 10.2 Å². The van der Waals surface area contributed by atoms with Crippen LogP contribution in [-0.2, 0) is 10.2 Å². The van der Waals surface area contributed by atoms with Gasteiger partial charge < -0.3 is 9.47 Å². The molecule has 0 saturated heterocycles. The number of amidine groups is 2. The van der Waals surface area contributed by atoms with E-state index in [2.05, 4.69) is 58.9 Å². The van der Waals surface area contributed by atoms with Crippen LogP contribution >= 0.6 is 27.7 Å². The van der Waals surface area contributed by atoms with Gasteiger partial charge in [-0.25, -0.2) is 0 Å². The molecule has 2 heterocycles. The highest BCUT2D eigenvalue weighted by Gasteiger charge is 2.35. The van der Waals surface area contributed by atoms with E-state index >= 15 is 0 Å². The monoisotopic (exact) mass is 554 g/mol. The predicted molar refractivity (Wildman–Crippen MR) is 146 cm³/mol. The fraction of sp³-hybridized carbons (Fsp3) is 0.308. The van der Waals surface area contributed by atoms with E-state index in [1.807, 2.05) is 37.3 Å². The molecule has 2 aliphatic heterocycles.